The number of aryl methyl sites for hydroxylation is 5. The van der Waals surface area contributed by atoms with Crippen molar-refractivity contribution in [2.75, 3.05) is 0 Å². The summed E-state index contributed by atoms with van der Waals surface area (Å²) in [5, 5.41) is 22.1. The number of phenolic OH excluding ortho intramolecular Hbond substituents is 2. The monoisotopic (exact) mass is 877 g/mol. The van der Waals surface area contributed by atoms with Gasteiger partial charge in [0.15, 0.2) is 11.5 Å². The van der Waals surface area contributed by atoms with Crippen molar-refractivity contribution < 1.29 is 26.7 Å². The van der Waals surface area contributed by atoms with Crippen LogP contribution in [0.25, 0.3) is 10.8 Å². The van der Waals surface area contributed by atoms with Gasteiger partial charge in [-0.25, -0.2) is 0 Å². The Bertz CT molecular complexity index is 1920. The second kappa shape index (κ2) is 28.4. The molecular weight excluding hydrogens is 795 g/mol. The van der Waals surface area contributed by atoms with E-state index in [2.05, 4.69) is 112 Å². The van der Waals surface area contributed by atoms with E-state index in [1.54, 1.807) is 6.07 Å². The third-order valence-electron chi connectivity index (χ3n) is 13.0. The molecule has 0 unspecified atom stereocenters. The Balaban J connectivity index is 0.000000425. The third kappa shape index (κ3) is 15.3. The van der Waals surface area contributed by atoms with Gasteiger partial charge in [-0.3, -0.25) is 9.98 Å². The molecule has 0 saturated carbocycles. The molecule has 0 aromatic heterocycles. The van der Waals surface area contributed by atoms with Crippen molar-refractivity contribution in [3.05, 3.63) is 94.0 Å². The molecule has 4 rings (SSSR count). The van der Waals surface area contributed by atoms with Gasteiger partial charge in [-0.15, -0.1) is 0 Å². The van der Waals surface area contributed by atoms with Gasteiger partial charge in [0.25, 0.3) is 0 Å². The van der Waals surface area contributed by atoms with Crippen LogP contribution in [0.3, 0.4) is 0 Å². The number of hydrogen-bond acceptors (Lipinski definition) is 4. The number of rotatable bonds is 24. The van der Waals surface area contributed by atoms with E-state index in [4.69, 9.17) is 9.98 Å². The first-order valence-electron chi connectivity index (χ1n) is 24.0. The molecule has 0 atom stereocenters. The van der Waals surface area contributed by atoms with E-state index in [1.165, 1.54) is 120 Å². The van der Waals surface area contributed by atoms with Gasteiger partial charge in [0, 0.05) is 21.9 Å². The van der Waals surface area contributed by atoms with Crippen LogP contribution >= 0.6 is 0 Å². The molecule has 0 radical (unpaired) electrons. The van der Waals surface area contributed by atoms with Crippen LogP contribution in [-0.2, 0) is 54.6 Å². The van der Waals surface area contributed by atoms with Crippen molar-refractivity contribution in [3.8, 4) is 11.5 Å². The normalized spacial score (nSPS) is 12.0. The minimum Gasteiger partial charge on any atom is -0.504 e. The Morgan fingerprint density at radius 2 is 0.950 bits per heavy atom. The number of unbranched alkanes of at least 4 members (excludes halogenated alkanes) is 6. The Morgan fingerprint density at radius 1 is 0.483 bits per heavy atom. The number of hydrogen-bond donors (Lipinski definition) is 2. The van der Waals surface area contributed by atoms with Crippen LogP contribution < -0.4 is 0 Å². The molecule has 0 heterocycles. The van der Waals surface area contributed by atoms with Crippen LogP contribution in [0.1, 0.15) is 173 Å². The van der Waals surface area contributed by atoms with Gasteiger partial charge in [-0.05, 0) is 139 Å². The van der Waals surface area contributed by atoms with E-state index in [1.807, 2.05) is 12.1 Å². The Hall–Kier alpha value is -3.21. The topological polar surface area (TPSA) is 65.2 Å². The molecule has 0 saturated heterocycles. The van der Waals surface area contributed by atoms with Crippen molar-refractivity contribution in [1.29, 1.82) is 0 Å². The summed E-state index contributed by atoms with van der Waals surface area (Å²) in [5.41, 5.74) is 13.1. The molecule has 60 heavy (non-hydrogen) atoms. The van der Waals surface area contributed by atoms with E-state index in [0.29, 0.717) is 0 Å². The van der Waals surface area contributed by atoms with E-state index < -0.39 is 8.07 Å². The molecule has 0 aliphatic rings. The van der Waals surface area contributed by atoms with Crippen LogP contribution in [0.4, 0.5) is 11.4 Å². The number of phenols is 2. The average molecular weight is 878 g/mol. The predicted molar refractivity (Wildman–Crippen MR) is 264 cm³/mol. The minimum atomic E-state index is -1.33. The van der Waals surface area contributed by atoms with Gasteiger partial charge in [0.1, 0.15) is 0 Å². The maximum atomic E-state index is 10.3. The summed E-state index contributed by atoms with van der Waals surface area (Å²) in [5.74, 6) is -0.00205. The molecule has 4 aromatic carbocycles. The fourth-order valence-corrected chi connectivity index (χ4v) is 12.0. The van der Waals surface area contributed by atoms with Crippen LogP contribution in [0.2, 0.25) is 18.1 Å². The molecule has 0 bridgehead atoms. The summed E-state index contributed by atoms with van der Waals surface area (Å²) in [7, 11) is -1.33. The molecule has 334 valence electrons. The summed E-state index contributed by atoms with van der Waals surface area (Å²) in [4.78, 5) is 10.5. The molecule has 4 aromatic rings. The fourth-order valence-electron chi connectivity index (χ4n) is 8.61. The first-order valence-corrected chi connectivity index (χ1v) is 26.8. The number of aromatic hydroxyl groups is 2. The fraction of sp³-hybridized carbons (Fsp3) is 0.556. The van der Waals surface area contributed by atoms with Crippen LogP contribution in [0, 0.1) is 0 Å². The SMILES string of the molecule is CCCCCCC(=Nc1ccc(CC)c(CC)c1)C(CCCC)=Nc1ccc(CC)c(CC)c1.CCCCCc1ccc2c(O)c(O)ccc2c1C[Si](CC)(CC)CC.[Ni]. The van der Waals surface area contributed by atoms with Gasteiger partial charge >= 0.3 is 0 Å². The van der Waals surface area contributed by atoms with E-state index >= 15 is 0 Å². The minimum absolute atomic E-state index is 0. The molecule has 4 nitrogen and oxygen atoms in total. The Morgan fingerprint density at radius 3 is 1.43 bits per heavy atom. The third-order valence-corrected chi connectivity index (χ3v) is 18.6. The first-order chi connectivity index (χ1) is 28.6. The van der Waals surface area contributed by atoms with Crippen LogP contribution in [0.5, 0.6) is 11.5 Å². The molecule has 0 fully saturated rings. The van der Waals surface area contributed by atoms with Gasteiger partial charge < -0.3 is 10.2 Å². The summed E-state index contributed by atoms with van der Waals surface area (Å²) in [6.07, 6.45) is 18.4. The number of benzene rings is 4. The predicted octanol–water partition coefficient (Wildman–Crippen LogP) is 16.5. The van der Waals surface area contributed by atoms with E-state index in [9.17, 15) is 10.2 Å². The number of nitrogens with zero attached hydrogens (tertiary/aromatic N) is 2. The van der Waals surface area contributed by atoms with Gasteiger partial charge in [0.05, 0.1) is 30.9 Å². The van der Waals surface area contributed by atoms with Crippen molar-refractivity contribution in [2.45, 2.75) is 196 Å². The summed E-state index contributed by atoms with van der Waals surface area (Å²) >= 11 is 0. The van der Waals surface area contributed by atoms with Crippen molar-refractivity contribution in [3.63, 3.8) is 0 Å². The number of fused-ring (bicyclic) bond motifs is 1. The maximum Gasteiger partial charge on any atom is 0.165 e. The summed E-state index contributed by atoms with van der Waals surface area (Å²) < 4.78 is 0. The molecule has 0 aliphatic carbocycles. The smallest absolute Gasteiger partial charge is 0.165 e. The zero-order valence-electron chi connectivity index (χ0n) is 39.5. The zero-order valence-corrected chi connectivity index (χ0v) is 41.5. The Kier molecular flexibility index (Phi) is 25.1. The standard InChI is InChI=1S/C32H48N2.C22H34O2Si.Ni/c1-7-13-15-16-18-32(34-30-22-20-26(10-4)28(12-6)24-30)31(17-14-8-2)33-29-21-19-25(9-3)27(11-5)23-29;1-5-9-10-11-17-12-13-19-18(14-15-21(23)22(19)24)20(17)16-25(6-2,7-3)8-4;/h19-24H,7-18H2,1-6H3;12-15,23-24H,5-11,16H2,1-4H3;. The average Bonchev–Trinajstić information content (AvgIpc) is 3.27. The summed E-state index contributed by atoms with van der Waals surface area (Å²) in [6, 6.07) is 26.4. The molecule has 0 aliphatic heterocycles. The quantitative estimate of drug-likeness (QED) is 0.0319. The second-order valence-electron chi connectivity index (χ2n) is 16.8. The van der Waals surface area contributed by atoms with Crippen molar-refractivity contribution in [1.82, 2.24) is 0 Å². The van der Waals surface area contributed by atoms with Gasteiger partial charge in [0.2, 0.25) is 0 Å². The van der Waals surface area contributed by atoms with Crippen molar-refractivity contribution >= 4 is 41.6 Å². The van der Waals surface area contributed by atoms with Gasteiger partial charge in [-0.1, -0.05) is 156 Å². The largest absolute Gasteiger partial charge is 0.504 e. The maximum absolute atomic E-state index is 10.3. The van der Waals surface area contributed by atoms with Crippen LogP contribution in [0.15, 0.2) is 70.6 Å². The van der Waals surface area contributed by atoms with E-state index in [0.717, 1.165) is 73.5 Å². The molecule has 0 amide bonds. The van der Waals surface area contributed by atoms with Crippen LogP contribution in [-0.4, -0.2) is 29.7 Å². The van der Waals surface area contributed by atoms with E-state index in [-0.39, 0.29) is 28.0 Å². The van der Waals surface area contributed by atoms with Crippen molar-refractivity contribution in [2.24, 2.45) is 9.98 Å². The second-order valence-corrected chi connectivity index (χ2v) is 22.3. The number of aliphatic imine (C=N–C) groups is 2. The van der Waals surface area contributed by atoms with Gasteiger partial charge in [-0.2, -0.15) is 0 Å². The summed E-state index contributed by atoms with van der Waals surface area (Å²) in [6.45, 7) is 22.8. The first kappa shape index (κ1) is 52.9. The molecule has 0 spiro atoms. The molecule has 2 N–H and O–H groups in total. The zero-order chi connectivity index (χ0) is 43.2. The molecule has 6 heteroatoms. The Labute approximate surface area is 378 Å². The molecular formula is C54H82N2NiO2Si.